The molecule has 0 atom stereocenters. The van der Waals surface area contributed by atoms with Crippen molar-refractivity contribution < 1.29 is 9.72 Å². The topological polar surface area (TPSA) is 98.0 Å². The van der Waals surface area contributed by atoms with Crippen molar-refractivity contribution in [2.75, 3.05) is 5.32 Å². The second kappa shape index (κ2) is 6.02. The van der Waals surface area contributed by atoms with E-state index in [1.807, 2.05) is 0 Å². The van der Waals surface area contributed by atoms with Gasteiger partial charge in [0.05, 0.1) is 4.92 Å². The first kappa shape index (κ1) is 15.1. The van der Waals surface area contributed by atoms with Crippen LogP contribution in [0.1, 0.15) is 15.9 Å². The number of anilines is 1. The molecule has 0 radical (unpaired) electrons. The van der Waals surface area contributed by atoms with Crippen molar-refractivity contribution in [3.05, 3.63) is 55.9 Å². The van der Waals surface area contributed by atoms with Crippen LogP contribution in [0.4, 0.5) is 11.5 Å². The number of carbonyl (C=O) groups is 1. The van der Waals surface area contributed by atoms with Gasteiger partial charge in [0.2, 0.25) is 0 Å². The second-order valence-corrected chi connectivity index (χ2v) is 4.77. The van der Waals surface area contributed by atoms with Crippen molar-refractivity contribution in [3.8, 4) is 0 Å². The summed E-state index contributed by atoms with van der Waals surface area (Å²) in [6.45, 7) is 1.59. The minimum Gasteiger partial charge on any atom is -0.305 e. The van der Waals surface area contributed by atoms with Crippen molar-refractivity contribution in [3.63, 3.8) is 0 Å². The lowest BCUT2D eigenvalue weighted by Gasteiger charge is -2.08. The molecule has 0 bridgehead atoms. The van der Waals surface area contributed by atoms with Crippen LogP contribution >= 0.6 is 23.2 Å². The van der Waals surface area contributed by atoms with Gasteiger partial charge in [0.15, 0.2) is 11.0 Å². The van der Waals surface area contributed by atoms with Crippen LogP contribution in [0.5, 0.6) is 0 Å². The normalized spacial score (nSPS) is 10.2. The maximum absolute atomic E-state index is 12.1. The summed E-state index contributed by atoms with van der Waals surface area (Å²) in [6, 6.07) is 3.92. The summed E-state index contributed by atoms with van der Waals surface area (Å²) in [5.41, 5.74) is 0.636. The number of hydrogen-bond acceptors (Lipinski definition) is 5. The number of amides is 1. The summed E-state index contributed by atoms with van der Waals surface area (Å²) in [7, 11) is 0. The van der Waals surface area contributed by atoms with E-state index in [1.54, 1.807) is 6.92 Å². The largest absolute Gasteiger partial charge is 0.305 e. The fourth-order valence-electron chi connectivity index (χ4n) is 1.63. The molecule has 0 saturated carbocycles. The molecule has 1 aromatic carbocycles. The highest BCUT2D eigenvalue weighted by atomic mass is 35.5. The molecule has 0 aliphatic rings. The van der Waals surface area contributed by atoms with Gasteiger partial charge in [-0.15, -0.1) is 0 Å². The van der Waals surface area contributed by atoms with Crippen molar-refractivity contribution in [2.24, 2.45) is 0 Å². The summed E-state index contributed by atoms with van der Waals surface area (Å²) in [6.07, 6.45) is 1.16. The lowest BCUT2D eigenvalue weighted by Crippen LogP contribution is -2.15. The lowest BCUT2D eigenvalue weighted by atomic mass is 10.1. The van der Waals surface area contributed by atoms with E-state index in [0.717, 1.165) is 6.33 Å². The molecule has 7 nitrogen and oxygen atoms in total. The zero-order valence-electron chi connectivity index (χ0n) is 10.6. The molecule has 1 aromatic heterocycles. The third-order valence-electron chi connectivity index (χ3n) is 2.64. The predicted octanol–water partition coefficient (Wildman–Crippen LogP) is 3.25. The second-order valence-electron chi connectivity index (χ2n) is 4.04. The number of benzene rings is 1. The minimum atomic E-state index is -0.532. The van der Waals surface area contributed by atoms with Crippen LogP contribution in [0.25, 0.3) is 0 Å². The summed E-state index contributed by atoms with van der Waals surface area (Å²) < 4.78 is 0. The van der Waals surface area contributed by atoms with E-state index >= 15 is 0 Å². The molecule has 0 aliphatic heterocycles. The Morgan fingerprint density at radius 2 is 2.05 bits per heavy atom. The molecule has 108 valence electrons. The molecule has 1 N–H and O–H groups in total. The smallest absolute Gasteiger partial charge is 0.269 e. The maximum Gasteiger partial charge on any atom is 0.269 e. The quantitative estimate of drug-likeness (QED) is 0.530. The van der Waals surface area contributed by atoms with Crippen molar-refractivity contribution >= 4 is 40.6 Å². The van der Waals surface area contributed by atoms with Gasteiger partial charge in [0.1, 0.15) is 11.3 Å². The zero-order valence-corrected chi connectivity index (χ0v) is 12.1. The number of aromatic nitrogens is 2. The van der Waals surface area contributed by atoms with Gasteiger partial charge in [-0.25, -0.2) is 9.97 Å². The number of rotatable bonds is 3. The highest BCUT2D eigenvalue weighted by molar-refractivity contribution is 6.43. The summed E-state index contributed by atoms with van der Waals surface area (Å²) in [5.74, 6) is -0.432. The van der Waals surface area contributed by atoms with Crippen molar-refractivity contribution in [2.45, 2.75) is 6.92 Å². The van der Waals surface area contributed by atoms with Gasteiger partial charge in [-0.2, -0.15) is 0 Å². The zero-order chi connectivity index (χ0) is 15.6. The van der Waals surface area contributed by atoms with Crippen LogP contribution in [-0.2, 0) is 0 Å². The minimum absolute atomic E-state index is 0.0161. The third kappa shape index (κ3) is 3.26. The van der Waals surface area contributed by atoms with E-state index in [2.05, 4.69) is 15.3 Å². The van der Waals surface area contributed by atoms with Crippen LogP contribution in [0.3, 0.4) is 0 Å². The van der Waals surface area contributed by atoms with Crippen LogP contribution < -0.4 is 5.32 Å². The summed E-state index contributed by atoms with van der Waals surface area (Å²) in [5, 5.41) is 13.2. The molecule has 9 heteroatoms. The number of nitrogens with zero attached hydrogens (tertiary/aromatic N) is 3. The molecule has 0 unspecified atom stereocenters. The number of nitrogens with one attached hydrogen (secondary N) is 1. The summed E-state index contributed by atoms with van der Waals surface area (Å²) in [4.78, 5) is 29.7. The van der Waals surface area contributed by atoms with E-state index in [1.165, 1.54) is 18.2 Å². The van der Waals surface area contributed by atoms with Crippen LogP contribution in [0, 0.1) is 17.0 Å². The Labute approximate surface area is 129 Å². The Balaban J connectivity index is 2.29. The van der Waals surface area contributed by atoms with Gasteiger partial charge in [0, 0.05) is 17.7 Å². The Hall–Kier alpha value is -2.25. The number of carbonyl (C=O) groups excluding carboxylic acids is 1. The SMILES string of the molecule is Cc1cc([N+](=O)[O-])ccc1C(=O)Nc1ncnc(Cl)c1Cl. The molecule has 1 amide bonds. The summed E-state index contributed by atoms with van der Waals surface area (Å²) >= 11 is 11.6. The fourth-order valence-corrected chi connectivity index (χ4v) is 1.90. The van der Waals surface area contributed by atoms with Crippen LogP contribution in [-0.4, -0.2) is 20.8 Å². The Morgan fingerprint density at radius 1 is 1.33 bits per heavy atom. The lowest BCUT2D eigenvalue weighted by molar-refractivity contribution is -0.384. The average Bonchev–Trinajstić information content (AvgIpc) is 2.43. The first-order valence-electron chi connectivity index (χ1n) is 5.62. The van der Waals surface area contributed by atoms with E-state index in [4.69, 9.17) is 23.2 Å². The van der Waals surface area contributed by atoms with Crippen LogP contribution in [0.15, 0.2) is 24.5 Å². The van der Waals surface area contributed by atoms with Gasteiger partial charge in [0.25, 0.3) is 11.6 Å². The molecule has 0 spiro atoms. The number of non-ortho nitro benzene ring substituents is 1. The molecule has 1 heterocycles. The molecule has 0 fully saturated rings. The van der Waals surface area contributed by atoms with E-state index in [-0.39, 0.29) is 27.2 Å². The first-order valence-corrected chi connectivity index (χ1v) is 6.38. The number of nitro benzene ring substituents is 1. The number of nitro groups is 1. The maximum atomic E-state index is 12.1. The number of hydrogen-bond donors (Lipinski definition) is 1. The number of halogens is 2. The molecular weight excluding hydrogens is 319 g/mol. The Bertz CT molecular complexity index is 736. The molecular formula is C12H8Cl2N4O3. The van der Waals surface area contributed by atoms with Crippen molar-refractivity contribution in [1.82, 2.24) is 9.97 Å². The average molecular weight is 327 g/mol. The van der Waals surface area contributed by atoms with Gasteiger partial charge in [-0.3, -0.25) is 14.9 Å². The fraction of sp³-hybridized carbons (Fsp3) is 0.0833. The molecule has 0 aliphatic carbocycles. The number of aryl methyl sites for hydroxylation is 1. The molecule has 21 heavy (non-hydrogen) atoms. The van der Waals surface area contributed by atoms with Gasteiger partial charge in [-0.1, -0.05) is 23.2 Å². The van der Waals surface area contributed by atoms with Gasteiger partial charge >= 0.3 is 0 Å². The van der Waals surface area contributed by atoms with Crippen LogP contribution in [0.2, 0.25) is 10.2 Å². The van der Waals surface area contributed by atoms with Crippen molar-refractivity contribution in [1.29, 1.82) is 0 Å². The van der Waals surface area contributed by atoms with E-state index in [9.17, 15) is 14.9 Å². The first-order chi connectivity index (χ1) is 9.90. The van der Waals surface area contributed by atoms with E-state index < -0.39 is 10.8 Å². The Kier molecular flexibility index (Phi) is 4.35. The Morgan fingerprint density at radius 3 is 2.67 bits per heavy atom. The third-order valence-corrected chi connectivity index (χ3v) is 3.39. The monoisotopic (exact) mass is 326 g/mol. The van der Waals surface area contributed by atoms with Gasteiger partial charge < -0.3 is 5.32 Å². The molecule has 0 saturated heterocycles. The van der Waals surface area contributed by atoms with E-state index in [0.29, 0.717) is 5.56 Å². The molecule has 2 aromatic rings. The molecule has 2 rings (SSSR count). The van der Waals surface area contributed by atoms with Gasteiger partial charge in [-0.05, 0) is 18.6 Å². The highest BCUT2D eigenvalue weighted by Gasteiger charge is 2.16. The standard InChI is InChI=1S/C12H8Cl2N4O3/c1-6-4-7(18(20)21)2-3-8(6)12(19)17-11-9(13)10(14)15-5-16-11/h2-5H,1H3,(H,15,16,17,19). The predicted molar refractivity (Wildman–Crippen MR) is 77.8 cm³/mol. The highest BCUT2D eigenvalue weighted by Crippen LogP contribution is 2.26.